The van der Waals surface area contributed by atoms with Crippen LogP contribution in [0, 0.1) is 5.92 Å². The minimum absolute atomic E-state index is 0.0290. The number of nitrogens with one attached hydrogen (secondary N) is 1. The molecular formula is C19H16Cl2N2O4. The summed E-state index contributed by atoms with van der Waals surface area (Å²) in [6.07, 6.45) is 0.0290. The van der Waals surface area contributed by atoms with Gasteiger partial charge in [-0.3, -0.25) is 14.4 Å². The fourth-order valence-corrected chi connectivity index (χ4v) is 3.15. The summed E-state index contributed by atoms with van der Waals surface area (Å²) in [4.78, 5) is 37.8. The Balaban J connectivity index is 1.52. The number of benzene rings is 2. The van der Waals surface area contributed by atoms with Crippen LogP contribution in [0.3, 0.4) is 0 Å². The number of carbonyl (C=O) groups is 3. The van der Waals surface area contributed by atoms with Crippen molar-refractivity contribution in [3.63, 3.8) is 0 Å². The van der Waals surface area contributed by atoms with E-state index in [-0.39, 0.29) is 18.9 Å². The Kier molecular flexibility index (Phi) is 5.98. The van der Waals surface area contributed by atoms with Crippen LogP contribution in [0.5, 0.6) is 0 Å². The van der Waals surface area contributed by atoms with Gasteiger partial charge in [0, 0.05) is 34.4 Å². The average molecular weight is 407 g/mol. The van der Waals surface area contributed by atoms with Crippen LogP contribution >= 0.6 is 23.2 Å². The molecule has 3 rings (SSSR count). The lowest BCUT2D eigenvalue weighted by Crippen LogP contribution is -2.28. The second-order valence-electron chi connectivity index (χ2n) is 6.05. The third-order valence-corrected chi connectivity index (χ3v) is 4.50. The summed E-state index contributed by atoms with van der Waals surface area (Å²) in [6.45, 7) is -0.249. The molecule has 8 heteroatoms. The standard InChI is InChI=1S/C19H16Cl2N2O4/c20-13-3-1-5-15(8-13)22-17(24)11-27-19(26)12-7-18(25)23(10-12)16-6-2-4-14(21)9-16/h1-6,8-9,12H,7,10-11H2,(H,22,24)/t12-/m1/s1. The molecule has 1 saturated heterocycles. The van der Waals surface area contributed by atoms with Crippen LogP contribution in [-0.2, 0) is 19.1 Å². The zero-order valence-electron chi connectivity index (χ0n) is 14.2. The molecule has 1 heterocycles. The van der Waals surface area contributed by atoms with Gasteiger partial charge in [0.25, 0.3) is 5.91 Å². The number of nitrogens with zero attached hydrogens (tertiary/aromatic N) is 1. The summed E-state index contributed by atoms with van der Waals surface area (Å²) >= 11 is 11.8. The number of hydrogen-bond donors (Lipinski definition) is 1. The second-order valence-corrected chi connectivity index (χ2v) is 6.92. The molecule has 1 aliphatic heterocycles. The van der Waals surface area contributed by atoms with Crippen molar-refractivity contribution in [2.75, 3.05) is 23.4 Å². The van der Waals surface area contributed by atoms with E-state index in [1.54, 1.807) is 48.5 Å². The molecular weight excluding hydrogens is 391 g/mol. The van der Waals surface area contributed by atoms with Crippen LogP contribution in [-0.4, -0.2) is 30.9 Å². The van der Waals surface area contributed by atoms with Gasteiger partial charge >= 0.3 is 5.97 Å². The average Bonchev–Trinajstić information content (AvgIpc) is 3.01. The Morgan fingerprint density at radius 2 is 1.81 bits per heavy atom. The van der Waals surface area contributed by atoms with Gasteiger partial charge in [0.2, 0.25) is 5.91 Å². The predicted molar refractivity (Wildman–Crippen MR) is 103 cm³/mol. The molecule has 2 aromatic carbocycles. The lowest BCUT2D eigenvalue weighted by molar-refractivity contribution is -0.151. The van der Waals surface area contributed by atoms with E-state index in [4.69, 9.17) is 27.9 Å². The zero-order chi connectivity index (χ0) is 19.4. The molecule has 1 atom stereocenters. The van der Waals surface area contributed by atoms with E-state index in [2.05, 4.69) is 5.32 Å². The molecule has 140 valence electrons. The van der Waals surface area contributed by atoms with E-state index >= 15 is 0 Å². The quantitative estimate of drug-likeness (QED) is 0.770. The molecule has 0 aromatic heterocycles. The highest BCUT2D eigenvalue weighted by atomic mass is 35.5. The van der Waals surface area contributed by atoms with Gasteiger partial charge in [0.15, 0.2) is 6.61 Å². The number of carbonyl (C=O) groups excluding carboxylic acids is 3. The third-order valence-electron chi connectivity index (χ3n) is 4.03. The van der Waals surface area contributed by atoms with Crippen LogP contribution < -0.4 is 10.2 Å². The molecule has 1 fully saturated rings. The van der Waals surface area contributed by atoms with Crippen molar-refractivity contribution in [3.05, 3.63) is 58.6 Å². The van der Waals surface area contributed by atoms with Crippen molar-refractivity contribution in [2.45, 2.75) is 6.42 Å². The Morgan fingerprint density at radius 3 is 2.52 bits per heavy atom. The van der Waals surface area contributed by atoms with Crippen molar-refractivity contribution in [3.8, 4) is 0 Å². The summed E-state index contributed by atoms with van der Waals surface area (Å²) in [6, 6.07) is 13.5. The highest BCUT2D eigenvalue weighted by molar-refractivity contribution is 6.31. The van der Waals surface area contributed by atoms with Gasteiger partial charge in [0.1, 0.15) is 0 Å². The van der Waals surface area contributed by atoms with Gasteiger partial charge in [0.05, 0.1) is 5.92 Å². The van der Waals surface area contributed by atoms with E-state index in [1.165, 1.54) is 4.90 Å². The Bertz CT molecular complexity index is 888. The van der Waals surface area contributed by atoms with E-state index in [9.17, 15) is 14.4 Å². The number of esters is 1. The van der Waals surface area contributed by atoms with Gasteiger partial charge in [-0.15, -0.1) is 0 Å². The van der Waals surface area contributed by atoms with Crippen LogP contribution in [0.1, 0.15) is 6.42 Å². The van der Waals surface area contributed by atoms with Crippen LogP contribution in [0.2, 0.25) is 10.0 Å². The number of rotatable bonds is 5. The molecule has 1 N–H and O–H groups in total. The van der Waals surface area contributed by atoms with E-state index < -0.39 is 24.4 Å². The molecule has 0 radical (unpaired) electrons. The summed E-state index contributed by atoms with van der Waals surface area (Å²) in [5.74, 6) is -1.89. The molecule has 0 bridgehead atoms. The zero-order valence-corrected chi connectivity index (χ0v) is 15.7. The minimum Gasteiger partial charge on any atom is -0.455 e. The van der Waals surface area contributed by atoms with Crippen LogP contribution in [0.15, 0.2) is 48.5 Å². The number of hydrogen-bond acceptors (Lipinski definition) is 4. The van der Waals surface area contributed by atoms with Crippen molar-refractivity contribution in [1.29, 1.82) is 0 Å². The largest absolute Gasteiger partial charge is 0.455 e. The normalized spacial score (nSPS) is 16.3. The van der Waals surface area contributed by atoms with Gasteiger partial charge < -0.3 is 15.0 Å². The molecule has 0 saturated carbocycles. The van der Waals surface area contributed by atoms with Crippen LogP contribution in [0.4, 0.5) is 11.4 Å². The molecule has 27 heavy (non-hydrogen) atoms. The first kappa shape index (κ1) is 19.2. The monoisotopic (exact) mass is 406 g/mol. The highest BCUT2D eigenvalue weighted by Crippen LogP contribution is 2.27. The van der Waals surface area contributed by atoms with Crippen molar-refractivity contribution >= 4 is 52.4 Å². The topological polar surface area (TPSA) is 75.7 Å². The molecule has 0 spiro atoms. The molecule has 6 nitrogen and oxygen atoms in total. The highest BCUT2D eigenvalue weighted by Gasteiger charge is 2.36. The van der Waals surface area contributed by atoms with Gasteiger partial charge in [-0.25, -0.2) is 0 Å². The minimum atomic E-state index is -0.629. The SMILES string of the molecule is O=C(COC(=O)[C@@H]1CC(=O)N(c2cccc(Cl)c2)C1)Nc1cccc(Cl)c1. The molecule has 1 aliphatic rings. The number of amides is 2. The Morgan fingerprint density at radius 1 is 1.11 bits per heavy atom. The Hall–Kier alpha value is -2.57. The number of anilines is 2. The van der Waals surface area contributed by atoms with E-state index in [0.29, 0.717) is 21.4 Å². The maximum absolute atomic E-state index is 12.2. The summed E-state index contributed by atoms with van der Waals surface area (Å²) in [5, 5.41) is 3.57. The fraction of sp³-hybridized carbons (Fsp3) is 0.211. The number of ether oxygens (including phenoxy) is 1. The van der Waals surface area contributed by atoms with Gasteiger partial charge in [-0.1, -0.05) is 35.3 Å². The second kappa shape index (κ2) is 8.41. The Labute approximate surface area is 166 Å². The van der Waals surface area contributed by atoms with Crippen molar-refractivity contribution in [2.24, 2.45) is 5.92 Å². The van der Waals surface area contributed by atoms with Gasteiger partial charge in [-0.2, -0.15) is 0 Å². The van der Waals surface area contributed by atoms with E-state index in [0.717, 1.165) is 0 Å². The van der Waals surface area contributed by atoms with E-state index in [1.807, 2.05) is 0 Å². The first-order valence-electron chi connectivity index (χ1n) is 8.20. The van der Waals surface area contributed by atoms with Gasteiger partial charge in [-0.05, 0) is 36.4 Å². The summed E-state index contributed by atoms with van der Waals surface area (Å²) in [7, 11) is 0. The maximum Gasteiger partial charge on any atom is 0.311 e. The molecule has 0 aliphatic carbocycles. The fourth-order valence-electron chi connectivity index (χ4n) is 2.78. The lowest BCUT2D eigenvalue weighted by atomic mass is 10.1. The first-order valence-corrected chi connectivity index (χ1v) is 8.96. The maximum atomic E-state index is 12.2. The smallest absolute Gasteiger partial charge is 0.311 e. The predicted octanol–water partition coefficient (Wildman–Crippen LogP) is 3.53. The molecule has 2 amide bonds. The van der Waals surface area contributed by atoms with Crippen molar-refractivity contribution in [1.82, 2.24) is 0 Å². The van der Waals surface area contributed by atoms with Crippen molar-refractivity contribution < 1.29 is 19.1 Å². The number of halogens is 2. The lowest BCUT2D eigenvalue weighted by Gasteiger charge is -2.16. The summed E-state index contributed by atoms with van der Waals surface area (Å²) < 4.78 is 5.06. The first-order chi connectivity index (χ1) is 12.9. The third kappa shape index (κ3) is 4.99. The van der Waals surface area contributed by atoms with Crippen LogP contribution in [0.25, 0.3) is 0 Å². The summed E-state index contributed by atoms with van der Waals surface area (Å²) in [5.41, 5.74) is 1.13. The molecule has 2 aromatic rings. The molecule has 0 unspecified atom stereocenters.